The molecule has 0 unspecified atom stereocenters. The van der Waals surface area contributed by atoms with Gasteiger partial charge in [-0.3, -0.25) is 0 Å². The zero-order valence-corrected chi connectivity index (χ0v) is 28.1. The number of benzene rings is 4. The van der Waals surface area contributed by atoms with Crippen LogP contribution in [0, 0.1) is 0 Å². The minimum atomic E-state index is -2.35. The van der Waals surface area contributed by atoms with Gasteiger partial charge >= 0.3 is 113 Å². The van der Waals surface area contributed by atoms with Gasteiger partial charge < -0.3 is 0 Å². The molecule has 0 radical (unpaired) electrons. The van der Waals surface area contributed by atoms with Gasteiger partial charge in [0.1, 0.15) is 0 Å². The van der Waals surface area contributed by atoms with Crippen molar-refractivity contribution in [2.75, 3.05) is 0 Å². The molecule has 0 bridgehead atoms. The van der Waals surface area contributed by atoms with E-state index in [9.17, 15) is 0 Å². The van der Waals surface area contributed by atoms with Crippen molar-refractivity contribution >= 4 is 36.0 Å². The Bertz CT molecular complexity index is 1360. The van der Waals surface area contributed by atoms with Gasteiger partial charge in [0.15, 0.2) is 0 Å². The molecule has 0 aliphatic heterocycles. The molecule has 0 spiro atoms. The van der Waals surface area contributed by atoms with Crippen LogP contribution in [-0.2, 0) is 16.0 Å². The standard InChI is InChI=1S/C12H10Ge.2C11H9.2ClH.Hf/c1-3-7-11(8-4-1)13-12-9-5-2-6-10-12;2*1-2-6-10(7-3-1)11-8-4-5-9-11;;;/h1-10H;2*1-9H;2*1H;/q;2*-1;;;+2/p-2. The molecule has 188 valence electrons. The van der Waals surface area contributed by atoms with Crippen molar-refractivity contribution in [1.82, 2.24) is 0 Å². The third-order valence-electron chi connectivity index (χ3n) is 5.85. The molecule has 6 aromatic carbocycles. The molecule has 0 amide bonds. The fraction of sp³-hybridized carbons (Fsp3) is 0. The smallest absolute Gasteiger partial charge is 0.0623 e. The molecule has 0 heterocycles. The maximum absolute atomic E-state index is 6.37. The van der Waals surface area contributed by atoms with Crippen molar-refractivity contribution in [3.05, 3.63) is 170 Å². The summed E-state index contributed by atoms with van der Waals surface area (Å²) in [5, 5.41) is 0. The topological polar surface area (TPSA) is 0 Å². The number of halogens is 2. The Kier molecular flexibility index (Phi) is 11.9. The first-order valence-electron chi connectivity index (χ1n) is 12.4. The van der Waals surface area contributed by atoms with E-state index in [0.29, 0.717) is 0 Å². The number of rotatable bonds is 4. The summed E-state index contributed by atoms with van der Waals surface area (Å²) in [4.78, 5) is 0. The van der Waals surface area contributed by atoms with Gasteiger partial charge in [0.2, 0.25) is 0 Å². The van der Waals surface area contributed by atoms with Crippen LogP contribution in [0.4, 0.5) is 0 Å². The minimum absolute atomic E-state index is 1.29. The molecule has 0 N–H and O–H groups in total. The SMILES string of the molecule is [Cl][Hf]([Cl])=[Ge]([c]1ccccc1)[c]1ccccc1.c1ccc(-c2cc[cH-]c2)cc1.c1ccc(-c2cc[cH-]c2)cc1. The quantitative estimate of drug-likeness (QED) is 0.125. The fourth-order valence-electron chi connectivity index (χ4n) is 3.99. The predicted molar refractivity (Wildman–Crippen MR) is 165 cm³/mol. The van der Waals surface area contributed by atoms with Crippen molar-refractivity contribution in [1.29, 1.82) is 0 Å². The molecule has 0 fully saturated rings. The van der Waals surface area contributed by atoms with Gasteiger partial charge in [-0.2, -0.15) is 47.5 Å². The average Bonchev–Trinajstić information content (AvgIpc) is 3.72. The van der Waals surface area contributed by atoms with E-state index in [2.05, 4.69) is 146 Å². The monoisotopic (exact) mass is 760 g/mol. The van der Waals surface area contributed by atoms with Crippen LogP contribution >= 0.6 is 17.2 Å². The molecule has 0 nitrogen and oxygen atoms in total. The van der Waals surface area contributed by atoms with Crippen LogP contribution < -0.4 is 8.79 Å². The third-order valence-corrected chi connectivity index (χ3v) is 44.4. The van der Waals surface area contributed by atoms with Gasteiger partial charge in [0.05, 0.1) is 0 Å². The molecule has 38 heavy (non-hydrogen) atoms. The Morgan fingerprint density at radius 2 is 0.763 bits per heavy atom. The van der Waals surface area contributed by atoms with Crippen molar-refractivity contribution in [3.63, 3.8) is 0 Å². The van der Waals surface area contributed by atoms with Crippen molar-refractivity contribution in [2.45, 2.75) is 0 Å². The largest absolute Gasteiger partial charge is 0.206 e. The number of hydrogen-bond donors (Lipinski definition) is 0. The van der Waals surface area contributed by atoms with Crippen molar-refractivity contribution in [2.24, 2.45) is 0 Å². The van der Waals surface area contributed by atoms with Crippen LogP contribution in [-0.4, -0.2) is 10.1 Å². The second-order valence-corrected chi connectivity index (χ2v) is 50.9. The second-order valence-electron chi connectivity index (χ2n) is 8.45. The van der Waals surface area contributed by atoms with Crippen LogP contribution in [0.15, 0.2) is 170 Å². The Morgan fingerprint density at radius 3 is 1.05 bits per heavy atom. The van der Waals surface area contributed by atoms with Crippen LogP contribution in [0.3, 0.4) is 0 Å². The molecule has 6 rings (SSSR count). The van der Waals surface area contributed by atoms with E-state index >= 15 is 0 Å². The van der Waals surface area contributed by atoms with Gasteiger partial charge in [-0.1, -0.05) is 71.8 Å². The van der Waals surface area contributed by atoms with E-state index in [-0.39, 0.29) is 0 Å². The van der Waals surface area contributed by atoms with Crippen LogP contribution in [0.25, 0.3) is 22.3 Å². The first-order valence-corrected chi connectivity index (χ1v) is 33.8. The summed E-state index contributed by atoms with van der Waals surface area (Å²) in [7, 11) is 11.1. The Morgan fingerprint density at radius 1 is 0.421 bits per heavy atom. The summed E-state index contributed by atoms with van der Waals surface area (Å²) in [5.41, 5.74) is 5.17. The summed E-state index contributed by atoms with van der Waals surface area (Å²) in [5.74, 6) is 0. The maximum Gasteiger partial charge on any atom is -0.0623 e. The summed E-state index contributed by atoms with van der Waals surface area (Å²) in [6, 6.07) is 58.6. The van der Waals surface area contributed by atoms with Crippen molar-refractivity contribution in [3.8, 4) is 22.3 Å². The summed E-state index contributed by atoms with van der Waals surface area (Å²) >= 11 is -2.35. The molecular formula is C34H28Cl2GeHf-2. The van der Waals surface area contributed by atoms with Gasteiger partial charge in [-0.05, 0) is 0 Å². The van der Waals surface area contributed by atoms with Crippen molar-refractivity contribution < 1.29 is 16.0 Å². The molecule has 6 aromatic rings. The van der Waals surface area contributed by atoms with E-state index in [1.165, 1.54) is 31.0 Å². The zero-order chi connectivity index (χ0) is 26.4. The Hall–Kier alpha value is -2.43. The van der Waals surface area contributed by atoms with E-state index in [4.69, 9.17) is 17.2 Å². The van der Waals surface area contributed by atoms with Gasteiger partial charge in [-0.15, -0.1) is 0 Å². The normalized spacial score (nSPS) is 9.84. The fourth-order valence-corrected chi connectivity index (χ4v) is 40.7. The summed E-state index contributed by atoms with van der Waals surface area (Å²) in [6.45, 7) is 0. The molecule has 0 saturated heterocycles. The molecule has 0 aromatic heterocycles. The van der Waals surface area contributed by atoms with E-state index in [0.717, 1.165) is 0 Å². The number of hydrogen-bond acceptors (Lipinski definition) is 0. The molecule has 0 atom stereocenters. The van der Waals surface area contributed by atoms with Crippen LogP contribution in [0.5, 0.6) is 0 Å². The van der Waals surface area contributed by atoms with Crippen LogP contribution in [0.2, 0.25) is 0 Å². The third kappa shape index (κ3) is 8.81. The second kappa shape index (κ2) is 15.9. The molecule has 0 saturated carbocycles. The minimum Gasteiger partial charge on any atom is -0.206 e. The maximum atomic E-state index is 6.37. The zero-order valence-electron chi connectivity index (χ0n) is 20.9. The Balaban J connectivity index is 0.000000136. The van der Waals surface area contributed by atoms with Gasteiger partial charge in [0, 0.05) is 0 Å². The molecule has 0 aliphatic carbocycles. The molecular weight excluding hydrogens is 730 g/mol. The predicted octanol–water partition coefficient (Wildman–Crippen LogP) is 8.86. The molecule has 4 heteroatoms. The van der Waals surface area contributed by atoms with Gasteiger partial charge in [0.25, 0.3) is 0 Å². The Labute approximate surface area is 242 Å². The van der Waals surface area contributed by atoms with Crippen LogP contribution in [0.1, 0.15) is 0 Å². The first-order chi connectivity index (χ1) is 18.7. The summed E-state index contributed by atoms with van der Waals surface area (Å²) in [6.07, 6.45) is 0. The first kappa shape index (κ1) is 28.6. The van der Waals surface area contributed by atoms with E-state index < -0.39 is 26.0 Å². The van der Waals surface area contributed by atoms with Gasteiger partial charge in [-0.25, -0.2) is 12.1 Å². The molecule has 0 aliphatic rings. The van der Waals surface area contributed by atoms with E-state index in [1.54, 1.807) is 0 Å². The average molecular weight is 759 g/mol. The van der Waals surface area contributed by atoms with E-state index in [1.807, 2.05) is 24.3 Å². The summed E-state index contributed by atoms with van der Waals surface area (Å²) < 4.78 is 2.81.